The Morgan fingerprint density at radius 1 is 0.375 bits per heavy atom. The lowest BCUT2D eigenvalue weighted by atomic mass is 10.0. The third kappa shape index (κ3) is 7.66. The first-order chi connectivity index (χ1) is 31.2. The Morgan fingerprint density at radius 3 is 0.922 bits per heavy atom. The number of fused-ring (bicyclic) bond motifs is 8. The van der Waals surface area contributed by atoms with Crippen molar-refractivity contribution < 1.29 is 38.0 Å². The van der Waals surface area contributed by atoms with Gasteiger partial charge in [-0.1, -0.05) is 12.1 Å². The molecule has 0 unspecified atom stereocenters. The molecule has 2 aliphatic rings. The van der Waals surface area contributed by atoms with Gasteiger partial charge >= 0.3 is 5.97 Å². The van der Waals surface area contributed by atoms with E-state index < -0.39 is 5.97 Å². The van der Waals surface area contributed by atoms with Crippen LogP contribution in [-0.2, 0) is 4.74 Å². The molecule has 5 heterocycles. The molecule has 0 atom stereocenters. The van der Waals surface area contributed by atoms with Crippen molar-refractivity contribution >= 4 is 52.3 Å². The molecule has 7 aromatic rings. The largest absolute Gasteiger partial charge is 0.497 e. The van der Waals surface area contributed by atoms with Gasteiger partial charge in [-0.05, 0) is 119 Å². The molecule has 0 aliphatic carbocycles. The molecule has 4 aromatic carbocycles. The maximum Gasteiger partial charge on any atom is 0.337 e. The minimum Gasteiger partial charge on any atom is -0.497 e. The van der Waals surface area contributed by atoms with Crippen LogP contribution in [0.1, 0.15) is 33.1 Å². The SMILES string of the molecule is COC(=O)c1ccc(-c2c3nc(c(-c4cc(OC)cc(OC)c4)c4ccc([nH]4)c(-c4cc(OC)cc(OC)c4)c4nc(c(-c5cc(OC)cc(OC)c5)c5ccc2[nH]5)C=C4)C=C3)cc1. The zero-order valence-electron chi connectivity index (χ0n) is 36.3. The average Bonchev–Trinajstić information content (AvgIpc) is 4.19. The van der Waals surface area contributed by atoms with Gasteiger partial charge in [-0.3, -0.25) is 0 Å². The summed E-state index contributed by atoms with van der Waals surface area (Å²) in [5.74, 6) is 3.30. The minimum atomic E-state index is -0.427. The third-order valence-electron chi connectivity index (χ3n) is 11.3. The van der Waals surface area contributed by atoms with Crippen molar-refractivity contribution in [2.45, 2.75) is 0 Å². The molecule has 0 saturated heterocycles. The number of ether oxygens (including phenoxy) is 7. The van der Waals surface area contributed by atoms with Crippen LogP contribution in [0.25, 0.3) is 90.9 Å². The lowest BCUT2D eigenvalue weighted by molar-refractivity contribution is 0.0600. The molecule has 2 N–H and O–H groups in total. The van der Waals surface area contributed by atoms with Crippen LogP contribution < -0.4 is 28.4 Å². The van der Waals surface area contributed by atoms with E-state index in [1.54, 1.807) is 54.8 Å². The van der Waals surface area contributed by atoms with Crippen LogP contribution in [0.4, 0.5) is 0 Å². The highest BCUT2D eigenvalue weighted by Crippen LogP contribution is 2.42. The highest BCUT2D eigenvalue weighted by Gasteiger charge is 2.21. The zero-order chi connectivity index (χ0) is 44.5. The van der Waals surface area contributed by atoms with Gasteiger partial charge in [-0.2, -0.15) is 0 Å². The molecule has 8 bridgehead atoms. The van der Waals surface area contributed by atoms with E-state index in [0.717, 1.165) is 66.6 Å². The van der Waals surface area contributed by atoms with E-state index in [-0.39, 0.29) is 0 Å². The van der Waals surface area contributed by atoms with Gasteiger partial charge in [0.15, 0.2) is 0 Å². The molecular formula is C52H44N4O8. The summed E-state index contributed by atoms with van der Waals surface area (Å²) in [5.41, 5.74) is 12.8. The lowest BCUT2D eigenvalue weighted by Crippen LogP contribution is -2.00. The molecule has 0 spiro atoms. The van der Waals surface area contributed by atoms with Crippen LogP contribution in [0.5, 0.6) is 34.5 Å². The Labute approximate surface area is 369 Å². The predicted molar refractivity (Wildman–Crippen MR) is 251 cm³/mol. The zero-order valence-corrected chi connectivity index (χ0v) is 36.3. The number of hydrogen-bond acceptors (Lipinski definition) is 10. The normalized spacial score (nSPS) is 11.6. The monoisotopic (exact) mass is 852 g/mol. The van der Waals surface area contributed by atoms with E-state index >= 15 is 0 Å². The lowest BCUT2D eigenvalue weighted by Gasteiger charge is -2.11. The Balaban J connectivity index is 1.47. The van der Waals surface area contributed by atoms with E-state index in [1.807, 2.05) is 115 Å². The Morgan fingerprint density at radius 2 is 0.656 bits per heavy atom. The molecule has 320 valence electrons. The molecule has 12 nitrogen and oxygen atoms in total. The van der Waals surface area contributed by atoms with E-state index in [0.29, 0.717) is 62.8 Å². The number of aromatic nitrogens is 4. The Kier molecular flexibility index (Phi) is 11.1. The predicted octanol–water partition coefficient (Wildman–Crippen LogP) is 11.2. The molecule has 0 radical (unpaired) electrons. The van der Waals surface area contributed by atoms with Crippen molar-refractivity contribution in [3.63, 3.8) is 0 Å². The molecule has 9 rings (SSSR count). The second-order valence-electron chi connectivity index (χ2n) is 14.9. The molecule has 64 heavy (non-hydrogen) atoms. The van der Waals surface area contributed by atoms with Crippen molar-refractivity contribution in [1.82, 2.24) is 19.9 Å². The van der Waals surface area contributed by atoms with Crippen molar-refractivity contribution in [2.75, 3.05) is 49.8 Å². The Hall–Kier alpha value is -8.25. The summed E-state index contributed by atoms with van der Waals surface area (Å²) in [6, 6.07) is 32.8. The van der Waals surface area contributed by atoms with Crippen LogP contribution in [0.15, 0.2) is 103 Å². The van der Waals surface area contributed by atoms with Crippen LogP contribution in [0.2, 0.25) is 0 Å². The summed E-state index contributed by atoms with van der Waals surface area (Å²) < 4.78 is 39.6. The fraction of sp³-hybridized carbons (Fsp3) is 0.135. The average molecular weight is 853 g/mol. The van der Waals surface area contributed by atoms with Gasteiger partial charge in [0.2, 0.25) is 0 Å². The molecule has 3 aromatic heterocycles. The van der Waals surface area contributed by atoms with Gasteiger partial charge in [-0.15, -0.1) is 0 Å². The van der Waals surface area contributed by atoms with Crippen molar-refractivity contribution in [3.05, 3.63) is 131 Å². The first kappa shape index (κ1) is 41.1. The van der Waals surface area contributed by atoms with E-state index in [2.05, 4.69) is 9.97 Å². The molecule has 12 heteroatoms. The van der Waals surface area contributed by atoms with E-state index in [9.17, 15) is 4.79 Å². The van der Waals surface area contributed by atoms with Crippen LogP contribution in [-0.4, -0.2) is 75.7 Å². The van der Waals surface area contributed by atoms with Crippen LogP contribution in [0, 0.1) is 0 Å². The van der Waals surface area contributed by atoms with Crippen molar-refractivity contribution in [1.29, 1.82) is 0 Å². The number of nitrogens with zero attached hydrogens (tertiary/aromatic N) is 2. The van der Waals surface area contributed by atoms with E-state index in [4.69, 9.17) is 43.1 Å². The maximum atomic E-state index is 12.5. The number of benzene rings is 4. The van der Waals surface area contributed by atoms with E-state index in [1.165, 1.54) is 7.11 Å². The summed E-state index contributed by atoms with van der Waals surface area (Å²) in [5, 5.41) is 0. The Bertz CT molecular complexity index is 3080. The first-order valence-corrected chi connectivity index (χ1v) is 20.3. The smallest absolute Gasteiger partial charge is 0.337 e. The number of nitrogens with one attached hydrogen (secondary N) is 2. The van der Waals surface area contributed by atoms with Crippen molar-refractivity contribution in [3.8, 4) is 79.0 Å². The van der Waals surface area contributed by atoms with Gasteiger partial charge in [0.25, 0.3) is 0 Å². The number of H-pyrrole nitrogens is 2. The first-order valence-electron chi connectivity index (χ1n) is 20.3. The summed E-state index contributed by atoms with van der Waals surface area (Å²) in [4.78, 5) is 30.9. The fourth-order valence-corrected chi connectivity index (χ4v) is 8.17. The van der Waals surface area contributed by atoms with Gasteiger partial charge in [0, 0.05) is 62.5 Å². The summed E-state index contributed by atoms with van der Waals surface area (Å²) in [7, 11) is 11.1. The summed E-state index contributed by atoms with van der Waals surface area (Å²) in [6.45, 7) is 0. The topological polar surface area (TPSA) is 139 Å². The highest BCUT2D eigenvalue weighted by molar-refractivity contribution is 6.00. The number of rotatable bonds is 11. The second kappa shape index (κ2) is 17.3. The maximum absolute atomic E-state index is 12.5. The molecular weight excluding hydrogens is 809 g/mol. The molecule has 0 amide bonds. The number of carbonyl (C=O) groups is 1. The number of esters is 1. The quantitative estimate of drug-likeness (QED) is 0.121. The molecule has 0 saturated carbocycles. The van der Waals surface area contributed by atoms with Gasteiger partial charge in [0.05, 0.1) is 78.1 Å². The fourth-order valence-electron chi connectivity index (χ4n) is 8.17. The van der Waals surface area contributed by atoms with Crippen LogP contribution in [0.3, 0.4) is 0 Å². The standard InChI is InChI=1S/C52H44N4O8/c1-58-34-20-31(21-35(26-34)59-2)49-42-14-12-40(53-42)48(29-8-10-30(11-9-29)52(57)64-7)41-13-15-43(54-41)50(32-22-36(60-3)27-37(23-32)61-4)45-17-19-47(56-45)51(46-18-16-44(49)55-46)33-24-38(62-5)28-39(25-33)63-6/h8-28,53,56H,1-7H3. The van der Waals surface area contributed by atoms with Gasteiger partial charge < -0.3 is 43.1 Å². The number of carbonyl (C=O) groups excluding carboxylic acids is 1. The summed E-state index contributed by atoms with van der Waals surface area (Å²) >= 11 is 0. The van der Waals surface area contributed by atoms with Gasteiger partial charge in [-0.25, -0.2) is 14.8 Å². The number of methoxy groups -OCH3 is 7. The molecule has 0 fully saturated rings. The highest BCUT2D eigenvalue weighted by atomic mass is 16.5. The second-order valence-corrected chi connectivity index (χ2v) is 14.9. The minimum absolute atomic E-state index is 0.427. The van der Waals surface area contributed by atoms with Crippen LogP contribution >= 0.6 is 0 Å². The molecule has 2 aliphatic heterocycles. The third-order valence-corrected chi connectivity index (χ3v) is 11.3. The number of aromatic amines is 2. The van der Waals surface area contributed by atoms with Crippen molar-refractivity contribution in [2.24, 2.45) is 0 Å². The van der Waals surface area contributed by atoms with Gasteiger partial charge in [0.1, 0.15) is 34.5 Å². The number of hydrogen-bond donors (Lipinski definition) is 2. The summed E-state index contributed by atoms with van der Waals surface area (Å²) in [6.07, 6.45) is 8.03.